The molecule has 3 aromatic carbocycles. The molecule has 5 rings (SSSR count). The third-order valence-electron chi connectivity index (χ3n) is 7.48. The summed E-state index contributed by atoms with van der Waals surface area (Å²) in [6, 6.07) is 23.8. The van der Waals surface area contributed by atoms with Crippen molar-refractivity contribution in [1.29, 1.82) is 0 Å². The van der Waals surface area contributed by atoms with Crippen LogP contribution >= 0.6 is 23.1 Å². The third-order valence-corrected chi connectivity index (χ3v) is 9.54. The van der Waals surface area contributed by atoms with E-state index in [4.69, 9.17) is 14.6 Å². The van der Waals surface area contributed by atoms with Crippen LogP contribution in [-0.2, 0) is 32.2 Å². The zero-order valence-electron chi connectivity index (χ0n) is 24.5. The van der Waals surface area contributed by atoms with E-state index in [0.29, 0.717) is 12.3 Å². The molecule has 11 heteroatoms. The van der Waals surface area contributed by atoms with E-state index in [0.717, 1.165) is 42.7 Å². The van der Waals surface area contributed by atoms with Crippen molar-refractivity contribution in [2.75, 3.05) is 5.75 Å². The summed E-state index contributed by atoms with van der Waals surface area (Å²) in [5, 5.41) is 30.5. The van der Waals surface area contributed by atoms with E-state index in [1.165, 1.54) is 0 Å². The van der Waals surface area contributed by atoms with Crippen molar-refractivity contribution in [2.24, 2.45) is 5.92 Å². The number of ether oxygens (including phenoxy) is 2. The van der Waals surface area contributed by atoms with Crippen LogP contribution < -0.4 is 5.32 Å². The Kier molecular flexibility index (Phi) is 10.8. The van der Waals surface area contributed by atoms with E-state index in [1.54, 1.807) is 23.1 Å². The van der Waals surface area contributed by atoms with Gasteiger partial charge in [0, 0.05) is 30.2 Å². The first kappa shape index (κ1) is 31.8. The second kappa shape index (κ2) is 14.9. The Morgan fingerprint density at radius 1 is 0.932 bits per heavy atom. The van der Waals surface area contributed by atoms with Crippen molar-refractivity contribution >= 4 is 35.0 Å². The van der Waals surface area contributed by atoms with Gasteiger partial charge in [-0.15, -0.1) is 10.2 Å². The lowest BCUT2D eigenvalue weighted by Crippen LogP contribution is -2.38. The molecule has 4 aromatic rings. The summed E-state index contributed by atoms with van der Waals surface area (Å²) in [5.74, 6) is -0.542. The van der Waals surface area contributed by atoms with E-state index in [2.05, 4.69) is 28.5 Å². The summed E-state index contributed by atoms with van der Waals surface area (Å²) in [4.78, 5) is 22.8. The Bertz CT molecular complexity index is 1580. The van der Waals surface area contributed by atoms with E-state index in [1.807, 2.05) is 73.7 Å². The molecule has 4 atom stereocenters. The summed E-state index contributed by atoms with van der Waals surface area (Å²) in [5.41, 5.74) is 5.62. The van der Waals surface area contributed by atoms with Gasteiger partial charge in [0.15, 0.2) is 10.6 Å². The fraction of sp³-hybridized carbons (Fsp3) is 0.333. The molecule has 1 aromatic heterocycles. The number of hydrogen-bond donors (Lipinski definition) is 3. The lowest BCUT2D eigenvalue weighted by molar-refractivity contribution is -0.268. The number of carbonyl (C=O) groups excluding carboxylic acids is 1. The Hall–Kier alpha value is -3.61. The summed E-state index contributed by atoms with van der Waals surface area (Å²) in [7, 11) is 0. The standard InChI is InChI=1S/C33H35N3O6S2/c1-20-28(19-43-33-36-35-21(2)44-33)41-32(42-31(20)24-11-9-22(18-37)10-12-24)27-8-4-7-26(16-27)25-6-3-5-23(15-25)17-34-29(38)13-14-30(39)40/h3-12,15-16,20,28,31-32,37H,13-14,17-19H2,1-2H3,(H,34,38)(H,39,40)/t20-,28+,31+,32+/m1/s1. The lowest BCUT2D eigenvalue weighted by atomic mass is 9.91. The van der Waals surface area contributed by atoms with Crippen LogP contribution in [0.15, 0.2) is 77.1 Å². The molecule has 44 heavy (non-hydrogen) atoms. The van der Waals surface area contributed by atoms with Crippen LogP contribution in [0.2, 0.25) is 0 Å². The molecule has 2 heterocycles. The lowest BCUT2D eigenvalue weighted by Gasteiger charge is -2.41. The van der Waals surface area contributed by atoms with Crippen molar-refractivity contribution in [3.8, 4) is 11.1 Å². The average Bonchev–Trinajstić information content (AvgIpc) is 3.47. The van der Waals surface area contributed by atoms with Crippen LogP contribution in [0.1, 0.15) is 59.4 Å². The van der Waals surface area contributed by atoms with Crippen LogP contribution in [0.3, 0.4) is 0 Å². The van der Waals surface area contributed by atoms with Gasteiger partial charge in [-0.2, -0.15) is 0 Å². The number of carboxylic acids is 1. The molecule has 1 saturated heterocycles. The molecule has 230 valence electrons. The van der Waals surface area contributed by atoms with Crippen molar-refractivity contribution < 1.29 is 29.3 Å². The highest BCUT2D eigenvalue weighted by Crippen LogP contribution is 2.43. The number of amides is 1. The van der Waals surface area contributed by atoms with Gasteiger partial charge in [-0.1, -0.05) is 90.7 Å². The van der Waals surface area contributed by atoms with E-state index in [9.17, 15) is 14.7 Å². The van der Waals surface area contributed by atoms with Crippen LogP contribution in [0.5, 0.6) is 0 Å². The number of hydrogen-bond acceptors (Lipinski definition) is 9. The Morgan fingerprint density at radius 3 is 2.39 bits per heavy atom. The van der Waals surface area contributed by atoms with Gasteiger partial charge in [0.1, 0.15) is 5.01 Å². The predicted molar refractivity (Wildman–Crippen MR) is 169 cm³/mol. The second-order valence-corrected chi connectivity index (χ2v) is 13.2. The second-order valence-electron chi connectivity index (χ2n) is 10.7. The molecule has 0 spiro atoms. The highest BCUT2D eigenvalue weighted by atomic mass is 32.2. The largest absolute Gasteiger partial charge is 0.481 e. The molecule has 1 aliphatic rings. The summed E-state index contributed by atoms with van der Waals surface area (Å²) >= 11 is 3.21. The van der Waals surface area contributed by atoms with Crippen molar-refractivity contribution in [2.45, 2.75) is 62.7 Å². The highest BCUT2D eigenvalue weighted by Gasteiger charge is 2.38. The first-order valence-electron chi connectivity index (χ1n) is 14.4. The molecular formula is C33H35N3O6S2. The number of aryl methyl sites for hydroxylation is 1. The number of thioether (sulfide) groups is 1. The van der Waals surface area contributed by atoms with E-state index < -0.39 is 12.3 Å². The number of aliphatic hydroxyl groups is 1. The molecule has 0 bridgehead atoms. The number of nitrogens with zero attached hydrogens (tertiary/aromatic N) is 2. The zero-order chi connectivity index (χ0) is 31.1. The zero-order valence-corrected chi connectivity index (χ0v) is 26.1. The molecule has 0 unspecified atom stereocenters. The number of benzene rings is 3. The highest BCUT2D eigenvalue weighted by molar-refractivity contribution is 8.01. The summed E-state index contributed by atoms with van der Waals surface area (Å²) in [6.07, 6.45) is -1.20. The molecule has 9 nitrogen and oxygen atoms in total. The number of aromatic nitrogens is 2. The first-order chi connectivity index (χ1) is 21.3. The fourth-order valence-electron chi connectivity index (χ4n) is 5.04. The van der Waals surface area contributed by atoms with Crippen LogP contribution in [0.25, 0.3) is 11.1 Å². The number of carboxylic acid groups (broad SMARTS) is 1. The molecule has 1 aliphatic heterocycles. The van der Waals surface area contributed by atoms with Crippen molar-refractivity contribution in [3.05, 3.63) is 100 Å². The van der Waals surface area contributed by atoms with Gasteiger partial charge >= 0.3 is 5.97 Å². The Labute approximate surface area is 264 Å². The van der Waals surface area contributed by atoms with Gasteiger partial charge in [-0.05, 0) is 46.9 Å². The van der Waals surface area contributed by atoms with Crippen LogP contribution in [0.4, 0.5) is 0 Å². The Morgan fingerprint density at radius 2 is 1.68 bits per heavy atom. The minimum atomic E-state index is -0.995. The van der Waals surface area contributed by atoms with Gasteiger partial charge in [-0.25, -0.2) is 0 Å². The SMILES string of the molecule is Cc1nnc(SC[C@@H]2O[C@H](c3cccc(-c4cccc(CNC(=O)CCC(=O)O)c4)c3)O[C@H](c3ccc(CO)cc3)[C@@H]2C)s1. The normalized spacial score (nSPS) is 19.9. The minimum Gasteiger partial charge on any atom is -0.481 e. The summed E-state index contributed by atoms with van der Waals surface area (Å²) in [6.45, 7) is 4.38. The minimum absolute atomic E-state index is 0.0152. The van der Waals surface area contributed by atoms with Crippen LogP contribution in [-0.4, -0.2) is 44.1 Å². The maximum atomic E-state index is 12.0. The number of carbonyl (C=O) groups is 2. The predicted octanol–water partition coefficient (Wildman–Crippen LogP) is 6.07. The van der Waals surface area contributed by atoms with Crippen molar-refractivity contribution in [1.82, 2.24) is 15.5 Å². The maximum absolute atomic E-state index is 12.0. The number of aliphatic hydroxyl groups excluding tert-OH is 1. The van der Waals surface area contributed by atoms with Gasteiger partial charge < -0.3 is 25.0 Å². The molecule has 0 aliphatic carbocycles. The fourth-order valence-corrected chi connectivity index (χ4v) is 7.04. The number of nitrogens with one attached hydrogen (secondary N) is 1. The quantitative estimate of drug-likeness (QED) is 0.159. The molecular weight excluding hydrogens is 599 g/mol. The maximum Gasteiger partial charge on any atom is 0.303 e. The molecule has 0 radical (unpaired) electrons. The van der Waals surface area contributed by atoms with Crippen LogP contribution in [0, 0.1) is 12.8 Å². The third kappa shape index (κ3) is 8.30. The topological polar surface area (TPSA) is 131 Å². The molecule has 0 saturated carbocycles. The summed E-state index contributed by atoms with van der Waals surface area (Å²) < 4.78 is 14.2. The molecule has 1 amide bonds. The van der Waals surface area contributed by atoms with Gasteiger partial charge in [0.25, 0.3) is 0 Å². The van der Waals surface area contributed by atoms with E-state index in [-0.39, 0.29) is 43.5 Å². The molecule has 3 N–H and O–H groups in total. The molecule has 1 fully saturated rings. The monoisotopic (exact) mass is 633 g/mol. The number of aliphatic carboxylic acids is 1. The average molecular weight is 634 g/mol. The van der Waals surface area contributed by atoms with Gasteiger partial charge in [-0.3, -0.25) is 9.59 Å². The van der Waals surface area contributed by atoms with Crippen molar-refractivity contribution in [3.63, 3.8) is 0 Å². The smallest absolute Gasteiger partial charge is 0.303 e. The Balaban J connectivity index is 1.35. The van der Waals surface area contributed by atoms with Gasteiger partial charge in [0.2, 0.25) is 5.91 Å². The number of rotatable bonds is 12. The van der Waals surface area contributed by atoms with E-state index >= 15 is 0 Å². The first-order valence-corrected chi connectivity index (χ1v) is 16.2. The van der Waals surface area contributed by atoms with Gasteiger partial charge in [0.05, 0.1) is 25.2 Å².